The van der Waals surface area contributed by atoms with E-state index in [9.17, 15) is 4.79 Å². The van der Waals surface area contributed by atoms with Gasteiger partial charge in [0.15, 0.2) is 11.3 Å². The van der Waals surface area contributed by atoms with Crippen LogP contribution < -0.4 is 10.1 Å². The Hall–Kier alpha value is -3.01. The number of amides is 1. The van der Waals surface area contributed by atoms with Crippen molar-refractivity contribution in [2.45, 2.75) is 95.5 Å². The maximum absolute atomic E-state index is 13.0. The number of benzene rings is 2. The summed E-state index contributed by atoms with van der Waals surface area (Å²) in [7, 11) is 1.79. The Bertz CT molecular complexity index is 1350. The number of methoxy groups -OCH3 is 1. The lowest BCUT2D eigenvalue weighted by atomic mass is 9.47. The number of rotatable bonds is 4. The van der Waals surface area contributed by atoms with E-state index in [0.717, 1.165) is 40.2 Å². The van der Waals surface area contributed by atoms with Gasteiger partial charge in [0.25, 0.3) is 0 Å². The van der Waals surface area contributed by atoms with Crippen LogP contribution in [0.2, 0.25) is 0 Å². The first-order valence-electron chi connectivity index (χ1n) is 15.5. The van der Waals surface area contributed by atoms with Gasteiger partial charge >= 0.3 is 6.09 Å². The molecule has 1 amide bonds. The molecule has 1 N–H and O–H groups in total. The largest absolute Gasteiger partial charge is 0.496 e. The Morgan fingerprint density at radius 3 is 2.07 bits per heavy atom. The van der Waals surface area contributed by atoms with Crippen LogP contribution in [0.3, 0.4) is 0 Å². The van der Waals surface area contributed by atoms with E-state index in [1.807, 2.05) is 40.7 Å². The highest BCUT2D eigenvalue weighted by molar-refractivity contribution is 5.76. The molecule has 4 saturated carbocycles. The zero-order valence-electron chi connectivity index (χ0n) is 26.0. The Labute approximate surface area is 250 Å². The van der Waals surface area contributed by atoms with E-state index in [4.69, 9.17) is 18.9 Å². The molecule has 6 nitrogen and oxygen atoms in total. The minimum Gasteiger partial charge on any atom is -0.496 e. The van der Waals surface area contributed by atoms with E-state index in [1.165, 1.54) is 44.1 Å². The van der Waals surface area contributed by atoms with E-state index in [0.29, 0.717) is 0 Å². The molecule has 5 aliphatic rings. The number of alkyl carbamates (subject to hydrolysis) is 1. The fourth-order valence-corrected chi connectivity index (χ4v) is 8.23. The molecule has 0 radical (unpaired) electrons. The zero-order chi connectivity index (χ0) is 29.8. The van der Waals surface area contributed by atoms with Crippen LogP contribution in [0.1, 0.15) is 84.3 Å². The number of carbonyl (C=O) groups is 1. The van der Waals surface area contributed by atoms with Gasteiger partial charge in [-0.2, -0.15) is 0 Å². The average molecular weight is 572 g/mol. The first-order chi connectivity index (χ1) is 19.9. The Morgan fingerprint density at radius 2 is 1.52 bits per heavy atom. The van der Waals surface area contributed by atoms with E-state index >= 15 is 0 Å². The second-order valence-corrected chi connectivity index (χ2v) is 14.6. The standard InChI is InChI=1S/C36H45NO5/c1-33(2,3)42-32(38)37-36(22-40-34(4,5)41-23-36)15-14-28-12-13-29(27-10-8-7-9-11-27)31(39-6)30(28)35-19-24-16-25(20-35)18-26(17-24)21-35/h7-13,24-26H,16-23H2,1-6H3,(H,37,38). The molecule has 0 unspecified atom stereocenters. The first-order valence-corrected chi connectivity index (χ1v) is 15.5. The van der Waals surface area contributed by atoms with Gasteiger partial charge in [-0.3, -0.25) is 0 Å². The lowest BCUT2D eigenvalue weighted by Gasteiger charge is -2.57. The molecule has 2 aromatic carbocycles. The van der Waals surface area contributed by atoms with Gasteiger partial charge in [0.1, 0.15) is 11.4 Å². The summed E-state index contributed by atoms with van der Waals surface area (Å²) in [5.74, 6) is 9.44. The summed E-state index contributed by atoms with van der Waals surface area (Å²) in [6.07, 6.45) is 7.08. The summed E-state index contributed by atoms with van der Waals surface area (Å²) in [6, 6.07) is 14.8. The molecule has 6 heteroatoms. The van der Waals surface area contributed by atoms with Gasteiger partial charge in [0, 0.05) is 22.1 Å². The van der Waals surface area contributed by atoms with Crippen molar-refractivity contribution in [1.29, 1.82) is 0 Å². The molecule has 1 saturated heterocycles. The average Bonchev–Trinajstić information content (AvgIpc) is 2.91. The SMILES string of the molecule is COc1c(-c2ccccc2)ccc(C#CC2(NC(=O)OC(C)(C)C)COC(C)(C)OC2)c1C12CC3CC(CC(C3)C1)C2. The Morgan fingerprint density at radius 1 is 0.929 bits per heavy atom. The summed E-state index contributed by atoms with van der Waals surface area (Å²) < 4.78 is 24.0. The van der Waals surface area contributed by atoms with Crippen LogP contribution in [0.5, 0.6) is 5.75 Å². The molecule has 1 aliphatic heterocycles. The lowest BCUT2D eigenvalue weighted by molar-refractivity contribution is -0.262. The van der Waals surface area contributed by atoms with Crippen LogP contribution in [0, 0.1) is 29.6 Å². The summed E-state index contributed by atoms with van der Waals surface area (Å²) in [5.41, 5.74) is 2.79. The third kappa shape index (κ3) is 5.79. The van der Waals surface area contributed by atoms with Crippen LogP contribution in [0.4, 0.5) is 4.79 Å². The number of nitrogens with one attached hydrogen (secondary N) is 1. The minimum absolute atomic E-state index is 0.0439. The molecule has 7 rings (SSSR count). The van der Waals surface area contributed by atoms with Crippen molar-refractivity contribution in [3.05, 3.63) is 53.6 Å². The van der Waals surface area contributed by atoms with E-state index in [-0.39, 0.29) is 18.6 Å². The molecular formula is C36H45NO5. The van der Waals surface area contributed by atoms with Gasteiger partial charge in [-0.1, -0.05) is 42.2 Å². The molecule has 224 valence electrons. The van der Waals surface area contributed by atoms with E-state index in [1.54, 1.807) is 7.11 Å². The number of hydrogen-bond donors (Lipinski definition) is 1. The van der Waals surface area contributed by atoms with Gasteiger partial charge in [0.05, 0.1) is 20.3 Å². The van der Waals surface area contributed by atoms with Gasteiger partial charge in [0.2, 0.25) is 0 Å². The van der Waals surface area contributed by atoms with Gasteiger partial charge in [-0.05, 0) is 109 Å². The lowest BCUT2D eigenvalue weighted by Crippen LogP contribution is -2.60. The molecule has 1 heterocycles. The molecule has 0 aromatic heterocycles. The molecule has 0 atom stereocenters. The van der Waals surface area contributed by atoms with Crippen molar-refractivity contribution in [3.8, 4) is 28.7 Å². The summed E-state index contributed by atoms with van der Waals surface area (Å²) in [6.45, 7) is 9.67. The second kappa shape index (κ2) is 10.6. The quantitative estimate of drug-likeness (QED) is 0.392. The summed E-state index contributed by atoms with van der Waals surface area (Å²) >= 11 is 0. The van der Waals surface area contributed by atoms with Crippen LogP contribution in [0.25, 0.3) is 11.1 Å². The molecule has 5 fully saturated rings. The third-order valence-corrected chi connectivity index (χ3v) is 9.52. The van der Waals surface area contributed by atoms with E-state index < -0.39 is 23.0 Å². The number of hydrogen-bond acceptors (Lipinski definition) is 5. The summed E-state index contributed by atoms with van der Waals surface area (Å²) in [4.78, 5) is 13.0. The molecule has 0 spiro atoms. The predicted octanol–water partition coefficient (Wildman–Crippen LogP) is 7.23. The minimum atomic E-state index is -1.05. The molecule has 42 heavy (non-hydrogen) atoms. The predicted molar refractivity (Wildman–Crippen MR) is 163 cm³/mol. The second-order valence-electron chi connectivity index (χ2n) is 14.6. The highest BCUT2D eigenvalue weighted by atomic mass is 16.7. The van der Waals surface area contributed by atoms with Crippen LogP contribution in [0.15, 0.2) is 42.5 Å². The first kappa shape index (κ1) is 29.1. The zero-order valence-corrected chi connectivity index (χ0v) is 26.0. The fourth-order valence-electron chi connectivity index (χ4n) is 8.23. The number of ether oxygens (including phenoxy) is 4. The summed E-state index contributed by atoms with van der Waals surface area (Å²) in [5, 5.41) is 3.00. The van der Waals surface area contributed by atoms with E-state index in [2.05, 4.69) is 53.6 Å². The van der Waals surface area contributed by atoms with Crippen molar-refractivity contribution < 1.29 is 23.7 Å². The molecule has 2 aromatic rings. The normalized spacial score (nSPS) is 28.9. The molecular weight excluding hydrogens is 526 g/mol. The third-order valence-electron chi connectivity index (χ3n) is 9.52. The van der Waals surface area contributed by atoms with Crippen molar-refractivity contribution in [3.63, 3.8) is 0 Å². The molecule has 4 bridgehead atoms. The van der Waals surface area contributed by atoms with Crippen LogP contribution in [-0.4, -0.2) is 43.3 Å². The Balaban J connectivity index is 1.46. The van der Waals surface area contributed by atoms with Crippen molar-refractivity contribution in [1.82, 2.24) is 5.32 Å². The van der Waals surface area contributed by atoms with Gasteiger partial charge in [-0.25, -0.2) is 4.79 Å². The smallest absolute Gasteiger partial charge is 0.409 e. The van der Waals surface area contributed by atoms with Crippen LogP contribution in [-0.2, 0) is 19.6 Å². The highest BCUT2D eigenvalue weighted by Crippen LogP contribution is 2.63. The Kier molecular flexibility index (Phi) is 7.35. The highest BCUT2D eigenvalue weighted by Gasteiger charge is 2.53. The maximum atomic E-state index is 13.0. The van der Waals surface area contributed by atoms with Crippen molar-refractivity contribution in [2.24, 2.45) is 17.8 Å². The van der Waals surface area contributed by atoms with Crippen molar-refractivity contribution in [2.75, 3.05) is 20.3 Å². The van der Waals surface area contributed by atoms with Gasteiger partial charge < -0.3 is 24.3 Å². The fraction of sp³-hybridized carbons (Fsp3) is 0.583. The molecule has 4 aliphatic carbocycles. The van der Waals surface area contributed by atoms with Crippen molar-refractivity contribution >= 4 is 6.09 Å². The maximum Gasteiger partial charge on any atom is 0.409 e. The van der Waals surface area contributed by atoms with Gasteiger partial charge in [-0.15, -0.1) is 0 Å². The van der Waals surface area contributed by atoms with Crippen LogP contribution >= 0.6 is 0 Å². The topological polar surface area (TPSA) is 66.0 Å². The monoisotopic (exact) mass is 571 g/mol. The number of carbonyl (C=O) groups excluding carboxylic acids is 1.